The molecular weight excluding hydrogens is 472 g/mol. The smallest absolute Gasteiger partial charge is 0.340 e. The average molecular weight is 488 g/mol. The van der Waals surface area contributed by atoms with Crippen molar-refractivity contribution >= 4 is 58.1 Å². The normalized spacial score (nSPS) is 14.5. The van der Waals surface area contributed by atoms with E-state index < -0.39 is 40.9 Å². The second kappa shape index (κ2) is 8.20. The van der Waals surface area contributed by atoms with E-state index in [0.29, 0.717) is 22.2 Å². The summed E-state index contributed by atoms with van der Waals surface area (Å²) in [6, 6.07) is 7.81. The van der Waals surface area contributed by atoms with Crippen molar-refractivity contribution in [2.45, 2.75) is 12.3 Å². The third-order valence-corrected chi connectivity index (χ3v) is 5.82. The summed E-state index contributed by atoms with van der Waals surface area (Å²) >= 11 is 0. The highest BCUT2D eigenvalue weighted by molar-refractivity contribution is 6.08. The van der Waals surface area contributed by atoms with Gasteiger partial charge in [0.1, 0.15) is 17.0 Å². The minimum atomic E-state index is -1.50. The molecule has 0 saturated heterocycles. The Balaban J connectivity index is 2.01. The van der Waals surface area contributed by atoms with Crippen molar-refractivity contribution in [3.05, 3.63) is 69.8 Å². The van der Waals surface area contributed by atoms with Crippen LogP contribution in [-0.4, -0.2) is 64.2 Å². The number of carbonyl (C=O) groups is 4. The zero-order valence-electron chi connectivity index (χ0n) is 18.1. The number of hydrogen-bond donors (Lipinski definition) is 6. The summed E-state index contributed by atoms with van der Waals surface area (Å²) in [5.41, 5.74) is -0.446. The minimum Gasteiger partial charge on any atom is -0.481 e. The van der Waals surface area contributed by atoms with Crippen molar-refractivity contribution in [3.63, 3.8) is 0 Å². The first-order valence-electron chi connectivity index (χ1n) is 10.5. The third-order valence-electron chi connectivity index (χ3n) is 5.82. The Morgan fingerprint density at radius 3 is 2.00 bits per heavy atom. The lowest BCUT2D eigenvalue weighted by Gasteiger charge is -2.06. The van der Waals surface area contributed by atoms with E-state index in [4.69, 9.17) is 0 Å². The molecule has 36 heavy (non-hydrogen) atoms. The van der Waals surface area contributed by atoms with Gasteiger partial charge in [-0.25, -0.2) is 19.4 Å². The molecule has 12 nitrogen and oxygen atoms in total. The minimum absolute atomic E-state index is 0.0544. The Hall–Kier alpha value is -5.26. The third kappa shape index (κ3) is 3.76. The fraction of sp³-hybridized carbons (Fsp3) is 0.0833. The molecular formula is C24H16N4O8. The fourth-order valence-electron chi connectivity index (χ4n) is 4.31. The summed E-state index contributed by atoms with van der Waals surface area (Å²) in [5.74, 6) is -6.90. The molecule has 2 aliphatic heterocycles. The van der Waals surface area contributed by atoms with Crippen molar-refractivity contribution < 1.29 is 39.6 Å². The molecule has 6 N–H and O–H groups in total. The van der Waals surface area contributed by atoms with Crippen LogP contribution in [0.1, 0.15) is 59.8 Å². The van der Waals surface area contributed by atoms with Crippen LogP contribution in [0.2, 0.25) is 0 Å². The Bertz CT molecular complexity index is 1700. The molecule has 180 valence electrons. The Labute approximate surface area is 200 Å². The number of aromatic amines is 2. The SMILES string of the molecule is O=C(O)c1c2nc(c(C(=O)O)c3[nH]c(cc3C(=O)O)cc3ccc(cc4nc1C(C(=O)O)C4)[nH]3)C=C2. The molecule has 0 radical (unpaired) electrons. The number of carboxylic acids is 4. The van der Waals surface area contributed by atoms with Crippen LogP contribution in [0.25, 0.3) is 34.2 Å². The van der Waals surface area contributed by atoms with E-state index in [0.717, 1.165) is 0 Å². The van der Waals surface area contributed by atoms with E-state index >= 15 is 0 Å². The van der Waals surface area contributed by atoms with E-state index in [2.05, 4.69) is 19.9 Å². The van der Waals surface area contributed by atoms with Gasteiger partial charge in [-0.2, -0.15) is 0 Å². The highest BCUT2D eigenvalue weighted by Crippen LogP contribution is 2.31. The Morgan fingerprint density at radius 1 is 0.750 bits per heavy atom. The number of H-pyrrole nitrogens is 2. The number of carboxylic acid groups (broad SMARTS) is 4. The first-order chi connectivity index (χ1) is 17.1. The van der Waals surface area contributed by atoms with Gasteiger partial charge in [0.25, 0.3) is 0 Å². The Morgan fingerprint density at radius 2 is 1.39 bits per heavy atom. The molecule has 0 saturated carbocycles. The number of fused-ring (bicyclic) bond motifs is 8. The maximum atomic E-state index is 12.2. The molecule has 3 aromatic rings. The summed E-state index contributed by atoms with van der Waals surface area (Å²) in [4.78, 5) is 62.6. The lowest BCUT2D eigenvalue weighted by molar-refractivity contribution is -0.138. The van der Waals surface area contributed by atoms with Crippen LogP contribution in [0.4, 0.5) is 0 Å². The molecule has 5 rings (SSSR count). The summed E-state index contributed by atoms with van der Waals surface area (Å²) in [6.45, 7) is 0. The largest absolute Gasteiger partial charge is 0.481 e. The summed E-state index contributed by atoms with van der Waals surface area (Å²) < 4.78 is 0. The van der Waals surface area contributed by atoms with Gasteiger partial charge in [-0.3, -0.25) is 9.78 Å². The van der Waals surface area contributed by atoms with Crippen LogP contribution in [0.15, 0.2) is 30.3 Å². The standard InChI is InChI=1S/C24H16N4O8/c29-21(30)13-7-11-5-9-1-2-10(25-9)6-12-8-14(22(31)32)20(27-12)18(24(35)36)16-4-3-15(28-16)17(23(33)34)19(13)26-11/h1-7,14,25-26H,8H2,(H,29,30)(H,31,32)(H,33,34)(H,35,36). The average Bonchev–Trinajstić information content (AvgIpc) is 3.56. The highest BCUT2D eigenvalue weighted by atomic mass is 16.4. The number of nitrogens with zero attached hydrogens (tertiary/aromatic N) is 2. The number of nitrogens with one attached hydrogen (secondary N) is 2. The van der Waals surface area contributed by atoms with Crippen molar-refractivity contribution in [2.24, 2.45) is 0 Å². The van der Waals surface area contributed by atoms with E-state index in [1.807, 2.05) is 0 Å². The zero-order chi connectivity index (χ0) is 25.7. The molecule has 1 unspecified atom stereocenters. The topological polar surface area (TPSA) is 207 Å². The molecule has 0 aromatic carbocycles. The molecule has 8 bridgehead atoms. The number of rotatable bonds is 4. The van der Waals surface area contributed by atoms with Crippen LogP contribution in [0, 0.1) is 0 Å². The van der Waals surface area contributed by atoms with Gasteiger partial charge in [0.05, 0.1) is 28.2 Å². The van der Waals surface area contributed by atoms with Crippen LogP contribution in [-0.2, 0) is 11.2 Å². The van der Waals surface area contributed by atoms with Gasteiger partial charge in [0.15, 0.2) is 0 Å². The van der Waals surface area contributed by atoms with Gasteiger partial charge in [-0.15, -0.1) is 0 Å². The van der Waals surface area contributed by atoms with Crippen LogP contribution >= 0.6 is 0 Å². The molecule has 0 amide bonds. The molecule has 12 heteroatoms. The molecule has 0 spiro atoms. The molecule has 1 atom stereocenters. The van der Waals surface area contributed by atoms with E-state index in [1.54, 1.807) is 24.3 Å². The first kappa shape index (κ1) is 22.5. The first-order valence-corrected chi connectivity index (χ1v) is 10.5. The quantitative estimate of drug-likeness (QED) is 0.247. The molecule has 3 aromatic heterocycles. The van der Waals surface area contributed by atoms with E-state index in [-0.39, 0.29) is 34.6 Å². The zero-order valence-corrected chi connectivity index (χ0v) is 18.1. The predicted molar refractivity (Wildman–Crippen MR) is 125 cm³/mol. The summed E-state index contributed by atoms with van der Waals surface area (Å²) in [6.07, 6.45) is 2.41. The van der Waals surface area contributed by atoms with E-state index in [9.17, 15) is 39.6 Å². The van der Waals surface area contributed by atoms with Crippen molar-refractivity contribution in [3.8, 4) is 0 Å². The molecule has 0 aliphatic carbocycles. The van der Waals surface area contributed by atoms with Gasteiger partial charge in [-0.1, -0.05) is 0 Å². The lowest BCUT2D eigenvalue weighted by atomic mass is 9.98. The number of aliphatic carboxylic acids is 1. The van der Waals surface area contributed by atoms with Crippen molar-refractivity contribution in [1.82, 2.24) is 19.9 Å². The lowest BCUT2D eigenvalue weighted by Crippen LogP contribution is -2.15. The summed E-state index contributed by atoms with van der Waals surface area (Å²) in [7, 11) is 0. The summed E-state index contributed by atoms with van der Waals surface area (Å²) in [5, 5.41) is 39.3. The second-order valence-corrected chi connectivity index (χ2v) is 8.14. The monoisotopic (exact) mass is 488 g/mol. The maximum absolute atomic E-state index is 12.2. The molecule has 2 aliphatic rings. The van der Waals surface area contributed by atoms with Gasteiger partial charge in [0, 0.05) is 28.7 Å². The van der Waals surface area contributed by atoms with E-state index in [1.165, 1.54) is 18.2 Å². The van der Waals surface area contributed by atoms with Gasteiger partial charge < -0.3 is 30.4 Å². The highest BCUT2D eigenvalue weighted by Gasteiger charge is 2.33. The van der Waals surface area contributed by atoms with Crippen LogP contribution in [0.5, 0.6) is 0 Å². The molecule has 0 fully saturated rings. The van der Waals surface area contributed by atoms with Crippen molar-refractivity contribution in [1.29, 1.82) is 0 Å². The maximum Gasteiger partial charge on any atom is 0.340 e. The second-order valence-electron chi connectivity index (χ2n) is 8.14. The van der Waals surface area contributed by atoms with Gasteiger partial charge in [-0.05, 0) is 42.5 Å². The van der Waals surface area contributed by atoms with Crippen molar-refractivity contribution in [2.75, 3.05) is 0 Å². The fourth-order valence-corrected chi connectivity index (χ4v) is 4.31. The number of aromatic nitrogens is 4. The molecule has 5 heterocycles. The predicted octanol–water partition coefficient (Wildman–Crippen LogP) is 2.99. The Kier molecular flexibility index (Phi) is 5.13. The van der Waals surface area contributed by atoms with Crippen LogP contribution in [0.3, 0.4) is 0 Å². The van der Waals surface area contributed by atoms with Gasteiger partial charge >= 0.3 is 23.9 Å². The number of hydrogen-bond acceptors (Lipinski definition) is 6. The van der Waals surface area contributed by atoms with Gasteiger partial charge in [0.2, 0.25) is 0 Å². The number of aromatic carboxylic acids is 3. The van der Waals surface area contributed by atoms with Crippen LogP contribution < -0.4 is 0 Å².